The lowest BCUT2D eigenvalue weighted by Crippen LogP contribution is -2.33. The summed E-state index contributed by atoms with van der Waals surface area (Å²) >= 11 is 0. The molecule has 2 aromatic carbocycles. The maximum absolute atomic E-state index is 14.3. The van der Waals surface area contributed by atoms with Crippen molar-refractivity contribution in [1.82, 2.24) is 29.5 Å². The van der Waals surface area contributed by atoms with Gasteiger partial charge in [0.05, 0.1) is 40.5 Å². The largest absolute Gasteiger partial charge is 0.376 e. The van der Waals surface area contributed by atoms with E-state index in [1.165, 1.54) is 0 Å². The minimum Gasteiger partial charge on any atom is -0.376 e. The second kappa shape index (κ2) is 11.3. The number of nitrogens with zero attached hydrogens (tertiary/aromatic N) is 5. The summed E-state index contributed by atoms with van der Waals surface area (Å²) in [4.78, 5) is 37.1. The molecule has 3 aromatic heterocycles. The molecule has 0 radical (unpaired) electrons. The van der Waals surface area contributed by atoms with Gasteiger partial charge in [0.15, 0.2) is 5.65 Å². The number of carbonyl (C=O) groups is 1. The highest BCUT2D eigenvalue weighted by Gasteiger charge is 2.25. The van der Waals surface area contributed by atoms with Gasteiger partial charge in [-0.25, -0.2) is 14.5 Å². The molecule has 42 heavy (non-hydrogen) atoms. The van der Waals surface area contributed by atoms with E-state index in [2.05, 4.69) is 35.3 Å². The van der Waals surface area contributed by atoms with E-state index in [0.29, 0.717) is 45.2 Å². The molecular weight excluding hydrogens is 528 g/mol. The van der Waals surface area contributed by atoms with Gasteiger partial charge < -0.3 is 10.1 Å². The first-order valence-corrected chi connectivity index (χ1v) is 14.4. The van der Waals surface area contributed by atoms with Crippen molar-refractivity contribution < 1.29 is 9.53 Å². The van der Waals surface area contributed by atoms with Gasteiger partial charge in [-0.15, -0.1) is 0 Å². The average Bonchev–Trinajstić information content (AvgIpc) is 3.31. The lowest BCUT2D eigenvalue weighted by atomic mass is 9.91. The highest BCUT2D eigenvalue weighted by molar-refractivity contribution is 6.01. The number of hydrogen-bond donors (Lipinski definition) is 1. The van der Waals surface area contributed by atoms with E-state index in [1.54, 1.807) is 34.5 Å². The zero-order valence-electron chi connectivity index (χ0n) is 24.2. The van der Waals surface area contributed by atoms with Gasteiger partial charge in [-0.2, -0.15) is 5.10 Å². The van der Waals surface area contributed by atoms with Crippen LogP contribution in [0.15, 0.2) is 77.9 Å². The van der Waals surface area contributed by atoms with Crippen molar-refractivity contribution in [1.29, 1.82) is 0 Å². The standard InChI is InChI=1S/C33H34N6O3/c1-20-18-24(19-21(2)42-20)14-15-25-10-8-13-27-29(25)33(41)39(26-11-6-5-7-12-26)30(36-27)23(4)35-32(40)28-22(3)37-38-17-9-16-34-31(28)38/h5-17,20-21,23-24H,18-19H2,1-4H3,(H,35,40)/b15-14+/t20?,21?,23-,24?/m1/s1. The molecule has 1 N–H and O–H groups in total. The molecule has 5 aromatic rings. The Bertz CT molecular complexity index is 1850. The third-order valence-electron chi connectivity index (χ3n) is 7.78. The summed E-state index contributed by atoms with van der Waals surface area (Å²) in [5.74, 6) is 0.470. The van der Waals surface area contributed by atoms with Crippen LogP contribution < -0.4 is 10.9 Å². The molecule has 1 aliphatic heterocycles. The van der Waals surface area contributed by atoms with Gasteiger partial charge in [-0.3, -0.25) is 14.2 Å². The van der Waals surface area contributed by atoms with E-state index in [1.807, 2.05) is 61.5 Å². The van der Waals surface area contributed by atoms with Crippen LogP contribution in [0.25, 0.3) is 28.3 Å². The predicted molar refractivity (Wildman–Crippen MR) is 163 cm³/mol. The molecule has 4 heterocycles. The highest BCUT2D eigenvalue weighted by atomic mass is 16.5. The summed E-state index contributed by atoms with van der Waals surface area (Å²) in [7, 11) is 0. The summed E-state index contributed by atoms with van der Waals surface area (Å²) in [5, 5.41) is 7.99. The summed E-state index contributed by atoms with van der Waals surface area (Å²) in [6.07, 6.45) is 9.91. The Morgan fingerprint density at radius 2 is 1.83 bits per heavy atom. The Labute approximate surface area is 243 Å². The SMILES string of the molecule is Cc1nn2cccnc2c1C(=O)N[C@H](C)c1nc2cccc(/C=C/C3CC(C)OC(C)C3)c2c(=O)n1-c1ccccc1. The van der Waals surface area contributed by atoms with Crippen LogP contribution in [0, 0.1) is 12.8 Å². The molecule has 0 bridgehead atoms. The van der Waals surface area contributed by atoms with Crippen molar-refractivity contribution in [2.24, 2.45) is 5.92 Å². The van der Waals surface area contributed by atoms with E-state index in [4.69, 9.17) is 9.72 Å². The van der Waals surface area contributed by atoms with Crippen molar-refractivity contribution in [2.45, 2.75) is 58.8 Å². The maximum atomic E-state index is 14.3. The van der Waals surface area contributed by atoms with E-state index in [9.17, 15) is 9.59 Å². The van der Waals surface area contributed by atoms with Gasteiger partial charge in [-0.1, -0.05) is 42.5 Å². The summed E-state index contributed by atoms with van der Waals surface area (Å²) in [6.45, 7) is 7.81. The van der Waals surface area contributed by atoms with Crippen molar-refractivity contribution in [3.05, 3.63) is 106 Å². The van der Waals surface area contributed by atoms with Crippen LogP contribution in [-0.4, -0.2) is 42.3 Å². The quantitative estimate of drug-likeness (QED) is 0.295. The van der Waals surface area contributed by atoms with Crippen molar-refractivity contribution in [3.8, 4) is 5.69 Å². The van der Waals surface area contributed by atoms with Crippen LogP contribution in [0.5, 0.6) is 0 Å². The number of nitrogens with one attached hydrogen (secondary N) is 1. The van der Waals surface area contributed by atoms with Crippen LogP contribution in [-0.2, 0) is 4.74 Å². The fourth-order valence-electron chi connectivity index (χ4n) is 5.98. The van der Waals surface area contributed by atoms with Crippen molar-refractivity contribution in [3.63, 3.8) is 0 Å². The summed E-state index contributed by atoms with van der Waals surface area (Å²) < 4.78 is 9.09. The van der Waals surface area contributed by atoms with Crippen LogP contribution in [0.4, 0.5) is 0 Å². The first kappa shape index (κ1) is 27.5. The molecule has 0 aliphatic carbocycles. The molecule has 0 spiro atoms. The van der Waals surface area contributed by atoms with Crippen molar-refractivity contribution in [2.75, 3.05) is 0 Å². The molecule has 214 valence electrons. The Hall–Kier alpha value is -4.63. The minimum atomic E-state index is -0.600. The van der Waals surface area contributed by atoms with E-state index >= 15 is 0 Å². The van der Waals surface area contributed by atoms with Gasteiger partial charge in [0.2, 0.25) is 0 Å². The molecular formula is C33H34N6O3. The molecule has 9 nitrogen and oxygen atoms in total. The van der Waals surface area contributed by atoms with Crippen molar-refractivity contribution >= 4 is 28.5 Å². The van der Waals surface area contributed by atoms with Gasteiger partial charge >= 0.3 is 0 Å². The lowest BCUT2D eigenvalue weighted by Gasteiger charge is -2.30. The normalized spacial score (nSPS) is 19.9. The predicted octanol–water partition coefficient (Wildman–Crippen LogP) is 5.44. The van der Waals surface area contributed by atoms with Gasteiger partial charge in [0, 0.05) is 12.4 Å². The number of allylic oxidation sites excluding steroid dienone is 1. The maximum Gasteiger partial charge on any atom is 0.266 e. The molecule has 2 unspecified atom stereocenters. The Balaban J connectivity index is 1.42. The number of amides is 1. The molecule has 1 saturated heterocycles. The lowest BCUT2D eigenvalue weighted by molar-refractivity contribution is -0.0434. The smallest absolute Gasteiger partial charge is 0.266 e. The van der Waals surface area contributed by atoms with E-state index < -0.39 is 6.04 Å². The Morgan fingerprint density at radius 1 is 1.07 bits per heavy atom. The number of rotatable bonds is 6. The first-order valence-electron chi connectivity index (χ1n) is 14.4. The molecule has 1 aliphatic rings. The number of fused-ring (bicyclic) bond motifs is 2. The zero-order valence-corrected chi connectivity index (χ0v) is 24.2. The molecule has 6 rings (SSSR count). The summed E-state index contributed by atoms with van der Waals surface area (Å²) in [6, 6.07) is 16.3. The zero-order chi connectivity index (χ0) is 29.4. The van der Waals surface area contributed by atoms with Crippen LogP contribution in [0.1, 0.15) is 67.1 Å². The number of ether oxygens (including phenoxy) is 1. The fraction of sp³-hybridized carbons (Fsp3) is 0.303. The third kappa shape index (κ3) is 5.23. The summed E-state index contributed by atoms with van der Waals surface area (Å²) in [5.41, 5.74) is 3.30. The number of hydrogen-bond acceptors (Lipinski definition) is 6. The number of carbonyl (C=O) groups excluding carboxylic acids is 1. The molecule has 1 fully saturated rings. The molecule has 0 saturated carbocycles. The first-order chi connectivity index (χ1) is 20.3. The van der Waals surface area contributed by atoms with Gasteiger partial charge in [-0.05, 0) is 76.3 Å². The Kier molecular flexibility index (Phi) is 7.43. The minimum absolute atomic E-state index is 0.190. The number of para-hydroxylation sites is 1. The number of benzene rings is 2. The van der Waals surface area contributed by atoms with Gasteiger partial charge in [0.1, 0.15) is 11.4 Å². The second-order valence-corrected chi connectivity index (χ2v) is 11.1. The highest BCUT2D eigenvalue weighted by Crippen LogP contribution is 2.28. The van der Waals surface area contributed by atoms with Crippen LogP contribution >= 0.6 is 0 Å². The monoisotopic (exact) mass is 562 g/mol. The van der Waals surface area contributed by atoms with E-state index in [-0.39, 0.29) is 23.7 Å². The average molecular weight is 563 g/mol. The van der Waals surface area contributed by atoms with E-state index in [0.717, 1.165) is 18.4 Å². The second-order valence-electron chi connectivity index (χ2n) is 11.1. The van der Waals surface area contributed by atoms with Gasteiger partial charge in [0.25, 0.3) is 11.5 Å². The number of aromatic nitrogens is 5. The Morgan fingerprint density at radius 3 is 2.60 bits per heavy atom. The number of aryl methyl sites for hydroxylation is 1. The van der Waals surface area contributed by atoms with Crippen LogP contribution in [0.2, 0.25) is 0 Å². The molecule has 1 amide bonds. The molecule has 3 atom stereocenters. The fourth-order valence-corrected chi connectivity index (χ4v) is 5.98. The van der Waals surface area contributed by atoms with Crippen LogP contribution in [0.3, 0.4) is 0 Å². The molecule has 9 heteroatoms. The topological polar surface area (TPSA) is 103 Å². The third-order valence-corrected chi connectivity index (χ3v) is 7.78.